The van der Waals surface area contributed by atoms with Crippen molar-refractivity contribution in [1.29, 1.82) is 0 Å². The predicted octanol–water partition coefficient (Wildman–Crippen LogP) is 5.18. The number of benzene rings is 1. The van der Waals surface area contributed by atoms with E-state index >= 15 is 0 Å². The molecule has 2 rings (SSSR count). The van der Waals surface area contributed by atoms with Gasteiger partial charge in [-0.2, -0.15) is 0 Å². The molecule has 0 amide bonds. The fourth-order valence-corrected chi connectivity index (χ4v) is 2.21. The zero-order valence-electron chi connectivity index (χ0n) is 12.3. The molecule has 0 bridgehead atoms. The molecule has 0 spiro atoms. The van der Waals surface area contributed by atoms with Crippen LogP contribution in [-0.2, 0) is 6.54 Å². The number of hydrogen-bond donors (Lipinski definition) is 1. The van der Waals surface area contributed by atoms with Crippen molar-refractivity contribution in [3.63, 3.8) is 0 Å². The second-order valence-electron chi connectivity index (χ2n) is 5.80. The van der Waals surface area contributed by atoms with Gasteiger partial charge in [0.1, 0.15) is 11.5 Å². The second-order valence-corrected chi connectivity index (χ2v) is 7.15. The highest BCUT2D eigenvalue weighted by molar-refractivity contribution is 9.10. The lowest BCUT2D eigenvalue weighted by Crippen LogP contribution is -2.35. The molecular weight excluding hydrogens is 352 g/mol. The molecule has 112 valence electrons. The quantitative estimate of drug-likeness (QED) is 0.806. The lowest BCUT2D eigenvalue weighted by molar-refractivity contribution is 0.414. The van der Waals surface area contributed by atoms with E-state index in [-0.39, 0.29) is 5.54 Å². The van der Waals surface area contributed by atoms with Gasteiger partial charge in [-0.05, 0) is 32.9 Å². The van der Waals surface area contributed by atoms with Gasteiger partial charge in [-0.1, -0.05) is 33.6 Å². The minimum Gasteiger partial charge on any atom is -0.455 e. The molecule has 1 N–H and O–H groups in total. The number of rotatable bonds is 4. The van der Waals surface area contributed by atoms with E-state index in [1.807, 2.05) is 18.2 Å². The number of nitrogens with zero attached hydrogens (tertiary/aromatic N) is 1. The summed E-state index contributed by atoms with van der Waals surface area (Å²) in [6, 6.07) is 7.73. The first-order chi connectivity index (χ1) is 9.83. The Labute approximate surface area is 138 Å². The van der Waals surface area contributed by atoms with E-state index in [2.05, 4.69) is 47.0 Å². The third-order valence-corrected chi connectivity index (χ3v) is 3.45. The summed E-state index contributed by atoms with van der Waals surface area (Å²) in [7, 11) is 0. The van der Waals surface area contributed by atoms with Crippen LogP contribution in [0.2, 0.25) is 5.02 Å². The van der Waals surface area contributed by atoms with Crippen LogP contribution in [0.5, 0.6) is 11.5 Å². The summed E-state index contributed by atoms with van der Waals surface area (Å²) in [6.45, 7) is 7.12. The molecule has 2 aromatic rings. The van der Waals surface area contributed by atoms with Gasteiger partial charge in [0.25, 0.3) is 0 Å². The van der Waals surface area contributed by atoms with Gasteiger partial charge in [-0.15, -0.1) is 0 Å². The van der Waals surface area contributed by atoms with Crippen molar-refractivity contribution in [2.45, 2.75) is 32.9 Å². The van der Waals surface area contributed by atoms with Crippen molar-refractivity contribution < 1.29 is 4.74 Å². The van der Waals surface area contributed by atoms with Crippen LogP contribution >= 0.6 is 27.5 Å². The van der Waals surface area contributed by atoms with E-state index in [4.69, 9.17) is 16.3 Å². The molecule has 0 saturated heterocycles. The Bertz CT molecular complexity index is 626. The van der Waals surface area contributed by atoms with Crippen LogP contribution < -0.4 is 10.1 Å². The van der Waals surface area contributed by atoms with E-state index in [0.29, 0.717) is 10.8 Å². The lowest BCUT2D eigenvalue weighted by atomic mass is 10.1. The van der Waals surface area contributed by atoms with Gasteiger partial charge in [0.05, 0.1) is 11.2 Å². The Hall–Kier alpha value is -1.10. The summed E-state index contributed by atoms with van der Waals surface area (Å²) < 4.78 is 6.88. The normalized spacial score (nSPS) is 11.5. The van der Waals surface area contributed by atoms with E-state index in [0.717, 1.165) is 22.3 Å². The van der Waals surface area contributed by atoms with Crippen LogP contribution in [0.4, 0.5) is 0 Å². The molecule has 0 saturated carbocycles. The van der Waals surface area contributed by atoms with Crippen molar-refractivity contribution in [2.75, 3.05) is 0 Å². The van der Waals surface area contributed by atoms with Crippen molar-refractivity contribution in [3.05, 3.63) is 51.7 Å². The molecule has 3 nitrogen and oxygen atoms in total. The van der Waals surface area contributed by atoms with Crippen molar-refractivity contribution in [2.24, 2.45) is 0 Å². The second kappa shape index (κ2) is 6.77. The predicted molar refractivity (Wildman–Crippen MR) is 90.1 cm³/mol. The number of nitrogens with one attached hydrogen (secondary N) is 1. The molecule has 0 fully saturated rings. The van der Waals surface area contributed by atoms with Gasteiger partial charge in [-0.3, -0.25) is 4.98 Å². The number of hydrogen-bond acceptors (Lipinski definition) is 3. The largest absolute Gasteiger partial charge is 0.455 e. The van der Waals surface area contributed by atoms with Gasteiger partial charge in [-0.25, -0.2) is 0 Å². The van der Waals surface area contributed by atoms with Gasteiger partial charge in [0, 0.05) is 34.4 Å². The average Bonchev–Trinajstić information content (AvgIpc) is 2.36. The fourth-order valence-electron chi connectivity index (χ4n) is 1.70. The first-order valence-electron chi connectivity index (χ1n) is 6.65. The smallest absolute Gasteiger partial charge is 0.147 e. The summed E-state index contributed by atoms with van der Waals surface area (Å²) in [6.07, 6.45) is 3.23. The molecule has 0 radical (unpaired) electrons. The van der Waals surface area contributed by atoms with Crippen LogP contribution in [0.3, 0.4) is 0 Å². The summed E-state index contributed by atoms with van der Waals surface area (Å²) in [5.74, 6) is 1.41. The van der Waals surface area contributed by atoms with E-state index in [9.17, 15) is 0 Å². The summed E-state index contributed by atoms with van der Waals surface area (Å²) in [4.78, 5) is 4.03. The van der Waals surface area contributed by atoms with Crippen molar-refractivity contribution >= 4 is 27.5 Å². The van der Waals surface area contributed by atoms with Crippen LogP contribution in [0.1, 0.15) is 26.3 Å². The molecular formula is C16H18BrClN2O. The first kappa shape index (κ1) is 16.3. The molecule has 0 atom stereocenters. The monoisotopic (exact) mass is 368 g/mol. The highest BCUT2D eigenvalue weighted by Gasteiger charge is 2.12. The highest BCUT2D eigenvalue weighted by atomic mass is 79.9. The molecule has 0 aliphatic rings. The molecule has 5 heteroatoms. The zero-order chi connectivity index (χ0) is 15.5. The topological polar surface area (TPSA) is 34.1 Å². The Morgan fingerprint density at radius 1 is 1.24 bits per heavy atom. The molecule has 0 aliphatic carbocycles. The zero-order valence-corrected chi connectivity index (χ0v) is 14.6. The summed E-state index contributed by atoms with van der Waals surface area (Å²) in [5.41, 5.74) is 1.12. The molecule has 0 aliphatic heterocycles. The Morgan fingerprint density at radius 2 is 2.00 bits per heavy atom. The van der Waals surface area contributed by atoms with Crippen molar-refractivity contribution in [1.82, 2.24) is 10.3 Å². The number of aromatic nitrogens is 1. The number of pyridine rings is 1. The fraction of sp³-hybridized carbons (Fsp3) is 0.312. The van der Waals surface area contributed by atoms with Crippen molar-refractivity contribution in [3.8, 4) is 11.5 Å². The lowest BCUT2D eigenvalue weighted by Gasteiger charge is -2.21. The average molecular weight is 370 g/mol. The maximum Gasteiger partial charge on any atom is 0.147 e. The molecule has 1 aromatic heterocycles. The number of ether oxygens (including phenoxy) is 1. The van der Waals surface area contributed by atoms with E-state index in [1.165, 1.54) is 0 Å². The molecule has 1 aromatic carbocycles. The van der Waals surface area contributed by atoms with Gasteiger partial charge < -0.3 is 10.1 Å². The molecule has 21 heavy (non-hydrogen) atoms. The first-order valence-corrected chi connectivity index (χ1v) is 7.82. The highest BCUT2D eigenvalue weighted by Crippen LogP contribution is 2.29. The van der Waals surface area contributed by atoms with Crippen LogP contribution in [0.15, 0.2) is 41.1 Å². The number of halogens is 2. The third kappa shape index (κ3) is 5.30. The van der Waals surface area contributed by atoms with Crippen LogP contribution in [-0.4, -0.2) is 10.5 Å². The minimum absolute atomic E-state index is 0.0436. The molecule has 1 heterocycles. The SMILES string of the molecule is CC(C)(C)NCc1ccc(Br)cc1Oc1cncc(Cl)c1. The van der Waals surface area contributed by atoms with E-state index < -0.39 is 0 Å². The maximum absolute atomic E-state index is 5.94. The Morgan fingerprint density at radius 3 is 2.67 bits per heavy atom. The van der Waals surface area contributed by atoms with Gasteiger partial charge >= 0.3 is 0 Å². The standard InChI is InChI=1S/C16H18BrClN2O/c1-16(2,3)20-8-11-4-5-12(17)6-15(11)21-14-7-13(18)9-19-10-14/h4-7,9-10,20H,8H2,1-3H3. The van der Waals surface area contributed by atoms with Gasteiger partial charge in [0.15, 0.2) is 0 Å². The summed E-state index contributed by atoms with van der Waals surface area (Å²) >= 11 is 9.41. The Balaban J connectivity index is 2.23. The molecule has 0 unspecified atom stereocenters. The maximum atomic E-state index is 5.94. The van der Waals surface area contributed by atoms with Gasteiger partial charge in [0.2, 0.25) is 0 Å². The van der Waals surface area contributed by atoms with Crippen LogP contribution in [0, 0.1) is 0 Å². The Kier molecular flexibility index (Phi) is 5.25. The van der Waals surface area contributed by atoms with E-state index in [1.54, 1.807) is 18.5 Å². The summed E-state index contributed by atoms with van der Waals surface area (Å²) in [5, 5.41) is 4.01. The van der Waals surface area contributed by atoms with Crippen LogP contribution in [0.25, 0.3) is 0 Å². The third-order valence-electron chi connectivity index (χ3n) is 2.75. The minimum atomic E-state index is 0.0436.